The van der Waals surface area contributed by atoms with Gasteiger partial charge in [0, 0.05) is 31.3 Å². The van der Waals surface area contributed by atoms with Gasteiger partial charge in [0.05, 0.1) is 5.69 Å². The summed E-state index contributed by atoms with van der Waals surface area (Å²) in [7, 11) is 1.81. The van der Waals surface area contributed by atoms with E-state index in [0.29, 0.717) is 13.0 Å². The Hall–Kier alpha value is -1.75. The van der Waals surface area contributed by atoms with Crippen LogP contribution in [0.25, 0.3) is 0 Å². The van der Waals surface area contributed by atoms with Crippen LogP contribution in [0, 0.1) is 11.6 Å². The van der Waals surface area contributed by atoms with Crippen LogP contribution >= 0.6 is 0 Å². The maximum Gasteiger partial charge on any atom is 0.130 e. The van der Waals surface area contributed by atoms with Crippen molar-refractivity contribution in [2.45, 2.75) is 19.4 Å². The first kappa shape index (κ1) is 13.7. The summed E-state index contributed by atoms with van der Waals surface area (Å²) in [6.07, 6.45) is 2.27. The third kappa shape index (κ3) is 3.17. The molecule has 2 aromatic rings. The number of nitrogens with one attached hydrogen (secondary N) is 1. The van der Waals surface area contributed by atoms with Gasteiger partial charge in [-0.3, -0.25) is 4.68 Å². The second kappa shape index (κ2) is 5.93. The van der Waals surface area contributed by atoms with Crippen LogP contribution in [0.2, 0.25) is 0 Å². The first-order chi connectivity index (χ1) is 9.11. The van der Waals surface area contributed by atoms with Crippen LogP contribution in [0.15, 0.2) is 30.5 Å². The molecule has 0 aliphatic heterocycles. The third-order valence-corrected chi connectivity index (χ3v) is 2.98. The molecule has 0 aliphatic carbocycles. The summed E-state index contributed by atoms with van der Waals surface area (Å²) in [5, 5.41) is 7.36. The molecule has 0 aliphatic rings. The fraction of sp³-hybridized carbons (Fsp3) is 0.357. The maximum atomic E-state index is 13.8. The summed E-state index contributed by atoms with van der Waals surface area (Å²) in [5.74, 6) is -1.05. The van der Waals surface area contributed by atoms with Crippen LogP contribution in [-0.4, -0.2) is 16.3 Å². The molecule has 1 N–H and O–H groups in total. The number of aromatic nitrogens is 2. The van der Waals surface area contributed by atoms with Gasteiger partial charge in [0.25, 0.3) is 0 Å². The Balaban J connectivity index is 2.29. The van der Waals surface area contributed by atoms with E-state index in [4.69, 9.17) is 0 Å². The standard InChI is InChI=1S/C14H17F2N3/c1-3-17-13(9-10-7-8-19(2)18-10)14-11(15)5-4-6-12(14)16/h4-8,13,17H,3,9H2,1-2H3. The summed E-state index contributed by atoms with van der Waals surface area (Å²) in [4.78, 5) is 0. The molecule has 5 heteroatoms. The van der Waals surface area contributed by atoms with Gasteiger partial charge in [-0.2, -0.15) is 5.10 Å². The minimum absolute atomic E-state index is 0.0787. The van der Waals surface area contributed by atoms with Gasteiger partial charge in [0.1, 0.15) is 11.6 Å². The number of likely N-dealkylation sites (N-methyl/N-ethyl adjacent to an activating group) is 1. The second-order valence-electron chi connectivity index (χ2n) is 4.43. The highest BCUT2D eigenvalue weighted by atomic mass is 19.1. The zero-order valence-electron chi connectivity index (χ0n) is 11.0. The lowest BCUT2D eigenvalue weighted by Crippen LogP contribution is -2.25. The number of hydrogen-bond donors (Lipinski definition) is 1. The summed E-state index contributed by atoms with van der Waals surface area (Å²) in [6, 6.07) is 5.37. The summed E-state index contributed by atoms with van der Waals surface area (Å²) >= 11 is 0. The lowest BCUT2D eigenvalue weighted by atomic mass is 10.0. The Kier molecular flexibility index (Phi) is 4.27. The molecule has 1 aromatic heterocycles. The minimum atomic E-state index is -0.526. The van der Waals surface area contributed by atoms with Crippen LogP contribution in [0.5, 0.6) is 0 Å². The molecule has 1 heterocycles. The van der Waals surface area contributed by atoms with Crippen molar-refractivity contribution in [1.29, 1.82) is 0 Å². The molecular weight excluding hydrogens is 248 g/mol. The zero-order valence-corrected chi connectivity index (χ0v) is 11.0. The van der Waals surface area contributed by atoms with E-state index < -0.39 is 17.7 Å². The van der Waals surface area contributed by atoms with Gasteiger partial charge in [0.15, 0.2) is 0 Å². The highest BCUT2D eigenvalue weighted by Gasteiger charge is 2.20. The summed E-state index contributed by atoms with van der Waals surface area (Å²) < 4.78 is 29.3. The van der Waals surface area contributed by atoms with Crippen molar-refractivity contribution >= 4 is 0 Å². The van der Waals surface area contributed by atoms with E-state index in [1.165, 1.54) is 18.2 Å². The van der Waals surface area contributed by atoms with Gasteiger partial charge in [-0.1, -0.05) is 13.0 Å². The molecule has 19 heavy (non-hydrogen) atoms. The average molecular weight is 265 g/mol. The Bertz CT molecular complexity index is 531. The molecule has 0 saturated heterocycles. The van der Waals surface area contributed by atoms with E-state index in [1.54, 1.807) is 4.68 Å². The highest BCUT2D eigenvalue weighted by Crippen LogP contribution is 2.23. The fourth-order valence-corrected chi connectivity index (χ4v) is 2.15. The number of hydrogen-bond acceptors (Lipinski definition) is 2. The van der Waals surface area contributed by atoms with Gasteiger partial charge in [-0.15, -0.1) is 0 Å². The second-order valence-corrected chi connectivity index (χ2v) is 4.43. The van der Waals surface area contributed by atoms with Gasteiger partial charge in [-0.05, 0) is 24.7 Å². The Morgan fingerprint density at radius 1 is 1.26 bits per heavy atom. The lowest BCUT2D eigenvalue weighted by Gasteiger charge is -2.18. The number of nitrogens with zero attached hydrogens (tertiary/aromatic N) is 2. The monoisotopic (exact) mass is 265 g/mol. The summed E-state index contributed by atoms with van der Waals surface area (Å²) in [5.41, 5.74) is 0.881. The number of aryl methyl sites for hydroxylation is 1. The molecule has 1 atom stereocenters. The smallest absolute Gasteiger partial charge is 0.130 e. The Labute approximate surface area is 111 Å². The maximum absolute atomic E-state index is 13.8. The Morgan fingerprint density at radius 3 is 2.47 bits per heavy atom. The van der Waals surface area contributed by atoms with Gasteiger partial charge < -0.3 is 5.32 Å². The molecular formula is C14H17F2N3. The molecule has 0 fully saturated rings. The molecule has 0 amide bonds. The molecule has 102 valence electrons. The van der Waals surface area contributed by atoms with Crippen molar-refractivity contribution < 1.29 is 8.78 Å². The zero-order chi connectivity index (χ0) is 13.8. The SMILES string of the molecule is CCNC(Cc1ccn(C)n1)c1c(F)cccc1F. The average Bonchev–Trinajstić information content (AvgIpc) is 2.75. The molecule has 2 rings (SSSR count). The largest absolute Gasteiger partial charge is 0.310 e. The topological polar surface area (TPSA) is 29.9 Å². The number of benzene rings is 1. The van der Waals surface area contributed by atoms with Crippen molar-refractivity contribution in [3.63, 3.8) is 0 Å². The van der Waals surface area contributed by atoms with Gasteiger partial charge in [-0.25, -0.2) is 8.78 Å². The van der Waals surface area contributed by atoms with E-state index in [0.717, 1.165) is 5.69 Å². The van der Waals surface area contributed by atoms with Gasteiger partial charge >= 0.3 is 0 Å². The molecule has 0 saturated carbocycles. The van der Waals surface area contributed by atoms with Crippen molar-refractivity contribution in [2.24, 2.45) is 7.05 Å². The van der Waals surface area contributed by atoms with E-state index in [-0.39, 0.29) is 5.56 Å². The van der Waals surface area contributed by atoms with Crippen LogP contribution in [0.1, 0.15) is 24.2 Å². The van der Waals surface area contributed by atoms with Crippen LogP contribution in [0.3, 0.4) is 0 Å². The highest BCUT2D eigenvalue weighted by molar-refractivity contribution is 5.25. The van der Waals surface area contributed by atoms with Crippen molar-refractivity contribution in [3.05, 3.63) is 53.4 Å². The third-order valence-electron chi connectivity index (χ3n) is 2.98. The van der Waals surface area contributed by atoms with E-state index in [9.17, 15) is 8.78 Å². The first-order valence-electron chi connectivity index (χ1n) is 6.27. The molecule has 1 aromatic carbocycles. The molecule has 0 bridgehead atoms. The van der Waals surface area contributed by atoms with E-state index in [1.807, 2.05) is 26.2 Å². The van der Waals surface area contributed by atoms with Crippen molar-refractivity contribution in [2.75, 3.05) is 6.54 Å². The normalized spacial score (nSPS) is 12.6. The minimum Gasteiger partial charge on any atom is -0.310 e. The molecule has 3 nitrogen and oxygen atoms in total. The van der Waals surface area contributed by atoms with Crippen LogP contribution in [0.4, 0.5) is 8.78 Å². The lowest BCUT2D eigenvalue weighted by molar-refractivity contribution is 0.469. The molecule has 0 radical (unpaired) electrons. The number of rotatable bonds is 5. The quantitative estimate of drug-likeness (QED) is 0.900. The van der Waals surface area contributed by atoms with Gasteiger partial charge in [0.2, 0.25) is 0 Å². The first-order valence-corrected chi connectivity index (χ1v) is 6.27. The predicted molar refractivity (Wildman–Crippen MR) is 69.7 cm³/mol. The number of halogens is 2. The van der Waals surface area contributed by atoms with Crippen LogP contribution in [-0.2, 0) is 13.5 Å². The van der Waals surface area contributed by atoms with Crippen LogP contribution < -0.4 is 5.32 Å². The Morgan fingerprint density at radius 2 is 1.95 bits per heavy atom. The predicted octanol–water partition coefficient (Wildman–Crippen LogP) is 2.59. The summed E-state index contributed by atoms with van der Waals surface area (Å²) in [6.45, 7) is 2.54. The van der Waals surface area contributed by atoms with E-state index in [2.05, 4.69) is 10.4 Å². The van der Waals surface area contributed by atoms with Crippen molar-refractivity contribution in [3.8, 4) is 0 Å². The molecule has 0 spiro atoms. The van der Waals surface area contributed by atoms with Crippen molar-refractivity contribution in [1.82, 2.24) is 15.1 Å². The van der Waals surface area contributed by atoms with E-state index >= 15 is 0 Å². The molecule has 1 unspecified atom stereocenters. The fourth-order valence-electron chi connectivity index (χ4n) is 2.15.